The second-order valence-electron chi connectivity index (χ2n) is 8.92. The van der Waals surface area contributed by atoms with E-state index in [-0.39, 0.29) is 30.0 Å². The highest BCUT2D eigenvalue weighted by Crippen LogP contribution is 2.50. The Labute approximate surface area is 172 Å². The lowest BCUT2D eigenvalue weighted by molar-refractivity contribution is -0.00896. The summed E-state index contributed by atoms with van der Waals surface area (Å²) < 4.78 is 16.1. The van der Waals surface area contributed by atoms with Crippen LogP contribution in [-0.2, 0) is 14.9 Å². The third-order valence-corrected chi connectivity index (χ3v) is 7.14. The number of ketones is 1. The molecule has 1 saturated heterocycles. The second kappa shape index (κ2) is 8.17. The van der Waals surface area contributed by atoms with Gasteiger partial charge in [-0.25, -0.2) is 0 Å². The van der Waals surface area contributed by atoms with Crippen molar-refractivity contribution in [2.45, 2.75) is 44.6 Å². The van der Waals surface area contributed by atoms with E-state index in [1.54, 1.807) is 13.2 Å². The summed E-state index contributed by atoms with van der Waals surface area (Å²) in [6.45, 7) is 7.36. The Hall–Kier alpha value is -1.76. The number of nitrogens with zero attached hydrogens (tertiary/aromatic N) is 1. The van der Waals surface area contributed by atoms with Crippen molar-refractivity contribution in [3.63, 3.8) is 0 Å². The van der Waals surface area contributed by atoms with E-state index in [9.17, 15) is 9.59 Å². The van der Waals surface area contributed by atoms with Crippen molar-refractivity contribution >= 4 is 12.1 Å². The van der Waals surface area contributed by atoms with Crippen molar-refractivity contribution in [3.05, 3.63) is 28.8 Å². The van der Waals surface area contributed by atoms with Gasteiger partial charge in [0.1, 0.15) is 5.75 Å². The number of likely N-dealkylation sites (tertiary alicyclic amines) is 1. The summed E-state index contributed by atoms with van der Waals surface area (Å²) in [5.41, 5.74) is 1.99. The first-order chi connectivity index (χ1) is 14.0. The van der Waals surface area contributed by atoms with E-state index in [1.165, 1.54) is 12.8 Å². The molecule has 1 heterocycles. The highest BCUT2D eigenvalue weighted by molar-refractivity contribution is 6.05. The van der Waals surface area contributed by atoms with Crippen LogP contribution in [0.25, 0.3) is 0 Å². The van der Waals surface area contributed by atoms with Gasteiger partial charge in [0.15, 0.2) is 18.9 Å². The summed E-state index contributed by atoms with van der Waals surface area (Å²) >= 11 is 0. The number of benzene rings is 1. The molecule has 158 valence electrons. The van der Waals surface area contributed by atoms with E-state index in [0.717, 1.165) is 37.3 Å². The van der Waals surface area contributed by atoms with E-state index in [2.05, 4.69) is 18.7 Å². The first-order valence-electron chi connectivity index (χ1n) is 10.6. The van der Waals surface area contributed by atoms with Crippen LogP contribution < -0.4 is 4.74 Å². The number of carbonyl (C=O) groups is 2. The van der Waals surface area contributed by atoms with Crippen LogP contribution in [0.15, 0.2) is 12.1 Å². The topological polar surface area (TPSA) is 65.1 Å². The Morgan fingerprint density at radius 3 is 2.76 bits per heavy atom. The highest BCUT2D eigenvalue weighted by Gasteiger charge is 2.53. The number of fused-ring (bicyclic) bond motifs is 4. The van der Waals surface area contributed by atoms with Gasteiger partial charge in [-0.2, -0.15) is 0 Å². The average molecular weight is 402 g/mol. The average Bonchev–Trinajstić information content (AvgIpc) is 3.53. The zero-order valence-corrected chi connectivity index (χ0v) is 17.6. The van der Waals surface area contributed by atoms with Gasteiger partial charge in [-0.1, -0.05) is 13.8 Å². The third kappa shape index (κ3) is 3.74. The summed E-state index contributed by atoms with van der Waals surface area (Å²) in [6.07, 6.45) is 4.32. The molecule has 0 amide bonds. The molecule has 6 nitrogen and oxygen atoms in total. The molecule has 1 aromatic carbocycles. The summed E-state index contributed by atoms with van der Waals surface area (Å²) in [4.78, 5) is 27.6. The Morgan fingerprint density at radius 1 is 1.28 bits per heavy atom. The fourth-order valence-corrected chi connectivity index (χ4v) is 4.97. The number of methoxy groups -OCH3 is 1. The van der Waals surface area contributed by atoms with E-state index < -0.39 is 0 Å². The fourth-order valence-electron chi connectivity index (χ4n) is 4.97. The number of hydrogen-bond acceptors (Lipinski definition) is 6. The standard InChI is InChI=1S/C23H31NO5/c1-15-21-22(26)18-10-17(13-25)20(29-14-28-9-8-27-3)11-19(18)23(15,2)6-7-24(21)12-16-4-5-16/h10-11,13,15-16,21H,4-9,12,14H2,1-3H3/t15-,21-,23-/m0/s1. The van der Waals surface area contributed by atoms with E-state index in [4.69, 9.17) is 14.2 Å². The minimum absolute atomic E-state index is 0.0427. The molecular formula is C23H31NO5. The van der Waals surface area contributed by atoms with Crippen molar-refractivity contribution in [1.82, 2.24) is 4.90 Å². The molecule has 3 atom stereocenters. The van der Waals surface area contributed by atoms with Gasteiger partial charge in [-0.3, -0.25) is 14.5 Å². The molecule has 0 radical (unpaired) electrons. The van der Waals surface area contributed by atoms with Crippen molar-refractivity contribution < 1.29 is 23.8 Å². The monoisotopic (exact) mass is 401 g/mol. The zero-order valence-electron chi connectivity index (χ0n) is 17.6. The largest absolute Gasteiger partial charge is 0.467 e. The molecule has 4 rings (SSSR count). The maximum atomic E-state index is 13.5. The van der Waals surface area contributed by atoms with Crippen LogP contribution in [0.4, 0.5) is 0 Å². The Kier molecular flexibility index (Phi) is 5.78. The summed E-state index contributed by atoms with van der Waals surface area (Å²) in [5.74, 6) is 1.61. The number of rotatable bonds is 9. The molecule has 2 fully saturated rings. The second-order valence-corrected chi connectivity index (χ2v) is 8.92. The molecule has 6 heteroatoms. The lowest BCUT2D eigenvalue weighted by Crippen LogP contribution is -2.61. The van der Waals surface area contributed by atoms with Crippen molar-refractivity contribution in [2.75, 3.05) is 40.2 Å². The third-order valence-electron chi connectivity index (χ3n) is 7.14. The van der Waals surface area contributed by atoms with Gasteiger partial charge in [0, 0.05) is 19.2 Å². The normalized spacial score (nSPS) is 28.9. The van der Waals surface area contributed by atoms with Crippen LogP contribution in [0, 0.1) is 11.8 Å². The first-order valence-corrected chi connectivity index (χ1v) is 10.6. The van der Waals surface area contributed by atoms with Crippen molar-refractivity contribution in [1.29, 1.82) is 0 Å². The smallest absolute Gasteiger partial charge is 0.189 e. The lowest BCUT2D eigenvalue weighted by Gasteiger charge is -2.53. The Balaban J connectivity index is 1.63. The van der Waals surface area contributed by atoms with Crippen LogP contribution in [-0.4, -0.2) is 63.2 Å². The molecule has 2 bridgehead atoms. The molecule has 2 aliphatic carbocycles. The molecule has 1 aliphatic heterocycles. The Morgan fingerprint density at radius 2 is 2.07 bits per heavy atom. The van der Waals surface area contributed by atoms with Crippen LogP contribution in [0.5, 0.6) is 5.75 Å². The predicted octanol–water partition coefficient (Wildman–Crippen LogP) is 3.07. The van der Waals surface area contributed by atoms with Crippen LogP contribution in [0.2, 0.25) is 0 Å². The van der Waals surface area contributed by atoms with Gasteiger partial charge < -0.3 is 14.2 Å². The van der Waals surface area contributed by atoms with Crippen LogP contribution >= 0.6 is 0 Å². The molecular weight excluding hydrogens is 370 g/mol. The van der Waals surface area contributed by atoms with E-state index in [1.807, 2.05) is 6.07 Å². The summed E-state index contributed by atoms with van der Waals surface area (Å²) in [7, 11) is 1.61. The minimum atomic E-state index is -0.107. The van der Waals surface area contributed by atoms with Crippen LogP contribution in [0.1, 0.15) is 59.4 Å². The number of aldehydes is 1. The van der Waals surface area contributed by atoms with Gasteiger partial charge in [-0.15, -0.1) is 0 Å². The number of piperidine rings is 1. The molecule has 1 aromatic rings. The van der Waals surface area contributed by atoms with E-state index in [0.29, 0.717) is 30.1 Å². The van der Waals surface area contributed by atoms with Crippen molar-refractivity contribution in [3.8, 4) is 5.75 Å². The first kappa shape index (κ1) is 20.5. The number of Topliss-reactive ketones (excluding diaryl/α,β-unsaturated/α-hetero) is 1. The van der Waals surface area contributed by atoms with Gasteiger partial charge >= 0.3 is 0 Å². The molecule has 0 unspecified atom stereocenters. The maximum Gasteiger partial charge on any atom is 0.189 e. The Bertz CT molecular complexity index is 790. The van der Waals surface area contributed by atoms with Gasteiger partial charge in [0.05, 0.1) is 24.8 Å². The summed E-state index contributed by atoms with van der Waals surface area (Å²) in [5, 5.41) is 0. The van der Waals surface area contributed by atoms with E-state index >= 15 is 0 Å². The summed E-state index contributed by atoms with van der Waals surface area (Å²) in [6, 6.07) is 3.54. The van der Waals surface area contributed by atoms with Crippen molar-refractivity contribution in [2.24, 2.45) is 11.8 Å². The van der Waals surface area contributed by atoms with Gasteiger partial charge in [-0.05, 0) is 60.8 Å². The minimum Gasteiger partial charge on any atom is -0.467 e. The molecule has 29 heavy (non-hydrogen) atoms. The predicted molar refractivity (Wildman–Crippen MR) is 109 cm³/mol. The van der Waals surface area contributed by atoms with Crippen LogP contribution in [0.3, 0.4) is 0 Å². The molecule has 0 N–H and O–H groups in total. The van der Waals surface area contributed by atoms with Gasteiger partial charge in [0.25, 0.3) is 0 Å². The number of ether oxygens (including phenoxy) is 3. The molecule has 0 spiro atoms. The molecule has 0 aromatic heterocycles. The van der Waals surface area contributed by atoms with Gasteiger partial charge in [0.2, 0.25) is 0 Å². The lowest BCUT2D eigenvalue weighted by atomic mass is 9.58. The molecule has 1 saturated carbocycles. The number of carbonyl (C=O) groups excluding carboxylic acids is 2. The number of hydrogen-bond donors (Lipinski definition) is 0. The highest BCUT2D eigenvalue weighted by atomic mass is 16.7. The maximum absolute atomic E-state index is 13.5. The zero-order chi connectivity index (χ0) is 20.6. The molecule has 3 aliphatic rings. The fraction of sp³-hybridized carbons (Fsp3) is 0.652. The SMILES string of the molecule is COCCOCOc1cc2c(cc1C=O)C(=O)[C@@H]1[C@H](C)[C@]2(C)CCN1CC1CC1. The quantitative estimate of drug-likeness (QED) is 0.360.